The summed E-state index contributed by atoms with van der Waals surface area (Å²) >= 11 is 0. The average Bonchev–Trinajstić information content (AvgIpc) is 3.62. The van der Waals surface area contributed by atoms with Crippen LogP contribution in [0.1, 0.15) is 85.1 Å². The molecule has 4 bridgehead atoms. The first-order valence-corrected chi connectivity index (χ1v) is 23.6. The summed E-state index contributed by atoms with van der Waals surface area (Å²) in [5.41, 5.74) is 26.9. The molecule has 0 saturated heterocycles. The minimum absolute atomic E-state index is 0.00792. The molecule has 1 aromatic heterocycles. The summed E-state index contributed by atoms with van der Waals surface area (Å²) in [6.07, 6.45) is 6.90. The van der Waals surface area contributed by atoms with E-state index in [0.717, 1.165) is 36.3 Å². The van der Waals surface area contributed by atoms with Gasteiger partial charge in [0.25, 0.3) is 5.91 Å². The molecule has 2 heterocycles. The van der Waals surface area contributed by atoms with E-state index >= 15 is 0 Å². The highest BCUT2D eigenvalue weighted by molar-refractivity contribution is 6.02. The van der Waals surface area contributed by atoms with Crippen LogP contribution in [0, 0.1) is 18.3 Å². The maximum Gasteiger partial charge on any atom is 0.257 e. The summed E-state index contributed by atoms with van der Waals surface area (Å²) < 4.78 is 18.4. The Balaban J connectivity index is 1.33. The zero-order chi connectivity index (χ0) is 50.3. The van der Waals surface area contributed by atoms with E-state index in [1.807, 2.05) is 30.3 Å². The highest BCUT2D eigenvalue weighted by atomic mass is 16.5. The predicted octanol–water partition coefficient (Wildman–Crippen LogP) is 2.31. The van der Waals surface area contributed by atoms with Crippen molar-refractivity contribution >= 4 is 35.4 Å². The number of anilines is 1. The number of aromatic nitrogens is 2. The van der Waals surface area contributed by atoms with Crippen molar-refractivity contribution in [2.24, 2.45) is 17.2 Å². The number of fused-ring (bicyclic) bond motifs is 5. The van der Waals surface area contributed by atoms with Crippen LogP contribution in [-0.4, -0.2) is 115 Å². The second-order valence-corrected chi connectivity index (χ2v) is 17.3. The van der Waals surface area contributed by atoms with Gasteiger partial charge in [-0.2, -0.15) is 5.26 Å². The van der Waals surface area contributed by atoms with Crippen LogP contribution >= 0.6 is 0 Å². The molecule has 0 radical (unpaired) electrons. The fourth-order valence-corrected chi connectivity index (χ4v) is 8.60. The molecule has 12 N–H and O–H groups in total. The topological polar surface area (TPSA) is 318 Å². The first kappa shape index (κ1) is 52.0. The third-order valence-electron chi connectivity index (χ3n) is 12.2. The van der Waals surface area contributed by atoms with Crippen LogP contribution in [0.4, 0.5) is 5.82 Å². The number of ether oxygens (including phenoxy) is 3. The Morgan fingerprint density at radius 3 is 2.16 bits per heavy atom. The molecule has 70 heavy (non-hydrogen) atoms. The quantitative estimate of drug-likeness (QED) is 0.0556. The molecule has 20 nitrogen and oxygen atoms in total. The van der Waals surface area contributed by atoms with Crippen LogP contribution in [-0.2, 0) is 25.6 Å². The van der Waals surface area contributed by atoms with Gasteiger partial charge in [0.1, 0.15) is 72.6 Å². The first-order chi connectivity index (χ1) is 33.8. The molecule has 2 aliphatic rings. The van der Waals surface area contributed by atoms with Crippen LogP contribution in [0.2, 0.25) is 0 Å². The molecule has 372 valence electrons. The monoisotopic (exact) mass is 960 g/mol. The summed E-state index contributed by atoms with van der Waals surface area (Å²) in [5, 5.41) is 19.9. The van der Waals surface area contributed by atoms with Gasteiger partial charge in [-0.3, -0.25) is 24.0 Å². The number of nitriles is 1. The summed E-state index contributed by atoms with van der Waals surface area (Å²) in [6.45, 7) is 3.33. The van der Waals surface area contributed by atoms with Crippen molar-refractivity contribution < 1.29 is 38.2 Å². The van der Waals surface area contributed by atoms with Crippen LogP contribution in [0.3, 0.4) is 0 Å². The summed E-state index contributed by atoms with van der Waals surface area (Å²) in [4.78, 5) is 80.9. The lowest BCUT2D eigenvalue weighted by atomic mass is 9.93. The third kappa shape index (κ3) is 13.0. The summed E-state index contributed by atoms with van der Waals surface area (Å²) in [7, 11) is 1.39. The van der Waals surface area contributed by atoms with Gasteiger partial charge in [-0.25, -0.2) is 9.97 Å². The molecule has 1 fully saturated rings. The molecule has 0 spiro atoms. The van der Waals surface area contributed by atoms with Gasteiger partial charge in [-0.15, -0.1) is 0 Å². The summed E-state index contributed by atoms with van der Waals surface area (Å²) in [5.74, 6) is -1.89. The molecule has 6 rings (SSSR count). The zero-order valence-electron chi connectivity index (χ0n) is 39.9. The molecule has 1 saturated carbocycles. The van der Waals surface area contributed by atoms with Gasteiger partial charge >= 0.3 is 0 Å². The molecule has 4 aromatic rings. The molecular weight excluding hydrogens is 897 g/mol. The van der Waals surface area contributed by atoms with E-state index in [-0.39, 0.29) is 75.4 Å². The number of hydrogen-bond donors (Lipinski definition) is 8. The normalized spacial score (nSPS) is 17.8. The van der Waals surface area contributed by atoms with Crippen molar-refractivity contribution in [3.63, 3.8) is 0 Å². The van der Waals surface area contributed by atoms with E-state index in [0.29, 0.717) is 45.1 Å². The minimum Gasteiger partial charge on any atom is -0.492 e. The van der Waals surface area contributed by atoms with E-state index < -0.39 is 53.7 Å². The molecule has 20 heteroatoms. The largest absolute Gasteiger partial charge is 0.492 e. The SMILES string of the molecule is Cc1nc(-c2ccc(OC3CCCCCC3)cc2)nc(N)c1C(=O)NC(CCN)C(=O)N(C)[C@@H]1C(=O)N[C@@H](C)C(=O)N[C@H](C(=O)NCC#N)Cc2ccc(OCCN)c(c2)-c2cc1ccc2OCCN. The molecule has 1 aliphatic heterocycles. The number of benzene rings is 3. The van der Waals surface area contributed by atoms with E-state index in [9.17, 15) is 29.2 Å². The van der Waals surface area contributed by atoms with Crippen LogP contribution < -0.4 is 58.4 Å². The van der Waals surface area contributed by atoms with Crippen molar-refractivity contribution in [2.45, 2.75) is 95.5 Å². The van der Waals surface area contributed by atoms with Crippen LogP contribution in [0.5, 0.6) is 17.2 Å². The Kier molecular flexibility index (Phi) is 18.4. The maximum atomic E-state index is 14.8. The fraction of sp³-hybridized carbons (Fsp3) is 0.440. The standard InChI is InChI=1S/C50H64N12O8/c1-29-42(44(55)61-45(57-29)32-11-14-35(15-12-32)70-34-8-6-4-5-7-9-34)48(65)59-38(18-19-51)50(67)62(3)43-33-13-17-41(69-25-22-54)37(28-33)36-26-31(10-16-40(36)68-24-21-53)27-39(47(64)56-23-20-52)60-46(63)30(2)58-49(43)66/h10-17,26,28,30,34,38-39,43H,4-9,18-19,21-25,27,51,53-54H2,1-3H3,(H,56,64)(H,58,66)(H,59,65)(H,60,63)(H2,55,57,61)/t30-,38?,39-,43-/m0/s1. The van der Waals surface area contributed by atoms with Gasteiger partial charge in [0, 0.05) is 43.2 Å². The Labute approximate surface area is 407 Å². The smallest absolute Gasteiger partial charge is 0.257 e. The number of carbonyl (C=O) groups is 5. The third-order valence-corrected chi connectivity index (χ3v) is 12.2. The van der Waals surface area contributed by atoms with Crippen molar-refractivity contribution in [1.82, 2.24) is 36.1 Å². The molecule has 1 unspecified atom stereocenters. The first-order valence-electron chi connectivity index (χ1n) is 23.6. The number of nitrogens with zero attached hydrogens (tertiary/aromatic N) is 4. The predicted molar refractivity (Wildman–Crippen MR) is 262 cm³/mol. The number of carbonyl (C=O) groups excluding carboxylic acids is 5. The molecule has 3 aromatic carbocycles. The Morgan fingerprint density at radius 1 is 0.871 bits per heavy atom. The van der Waals surface area contributed by atoms with Gasteiger partial charge in [0.15, 0.2) is 5.82 Å². The maximum absolute atomic E-state index is 14.8. The van der Waals surface area contributed by atoms with Crippen molar-refractivity contribution in [2.75, 3.05) is 52.2 Å². The number of hydrogen-bond acceptors (Lipinski definition) is 15. The number of likely N-dealkylation sites (N-methyl/N-ethyl adjacent to an activating group) is 1. The van der Waals surface area contributed by atoms with Gasteiger partial charge in [-0.05, 0) is 112 Å². The second-order valence-electron chi connectivity index (χ2n) is 17.3. The number of nitrogen functional groups attached to an aromatic ring is 1. The van der Waals surface area contributed by atoms with E-state index in [2.05, 4.69) is 31.2 Å². The van der Waals surface area contributed by atoms with E-state index in [1.165, 1.54) is 26.8 Å². The number of rotatable bonds is 17. The molecular formula is C50H64N12O8. The van der Waals surface area contributed by atoms with E-state index in [4.69, 9.17) is 37.1 Å². The highest BCUT2D eigenvalue weighted by Crippen LogP contribution is 2.40. The average molecular weight is 961 g/mol. The number of nitrogens with one attached hydrogen (secondary N) is 4. The Bertz CT molecular complexity index is 2520. The lowest BCUT2D eigenvalue weighted by molar-refractivity contribution is -0.141. The number of amides is 5. The van der Waals surface area contributed by atoms with Crippen LogP contribution in [0.25, 0.3) is 22.5 Å². The zero-order valence-corrected chi connectivity index (χ0v) is 39.9. The van der Waals surface area contributed by atoms with Gasteiger partial charge in [0.2, 0.25) is 23.6 Å². The fourth-order valence-electron chi connectivity index (χ4n) is 8.60. The van der Waals surface area contributed by atoms with Gasteiger partial charge < -0.3 is 63.3 Å². The number of aryl methyl sites for hydroxylation is 1. The highest BCUT2D eigenvalue weighted by Gasteiger charge is 2.36. The summed E-state index contributed by atoms with van der Waals surface area (Å²) in [6, 6.07) is 14.2. The lowest BCUT2D eigenvalue weighted by Gasteiger charge is -2.32. The molecule has 5 amide bonds. The van der Waals surface area contributed by atoms with Crippen molar-refractivity contribution in [1.29, 1.82) is 5.26 Å². The Morgan fingerprint density at radius 2 is 1.53 bits per heavy atom. The Hall–Kier alpha value is -7.34. The van der Waals surface area contributed by atoms with Gasteiger partial charge in [-0.1, -0.05) is 25.0 Å². The van der Waals surface area contributed by atoms with E-state index in [1.54, 1.807) is 43.3 Å². The molecule has 1 aliphatic carbocycles. The second kappa shape index (κ2) is 24.8. The van der Waals surface area contributed by atoms with Crippen molar-refractivity contribution in [3.8, 4) is 45.8 Å². The van der Waals surface area contributed by atoms with Gasteiger partial charge in [0.05, 0.1) is 17.9 Å². The number of nitrogens with two attached hydrogens (primary N) is 4. The lowest BCUT2D eigenvalue weighted by Crippen LogP contribution is -2.56. The minimum atomic E-state index is -1.44. The van der Waals surface area contributed by atoms with Crippen LogP contribution in [0.15, 0.2) is 60.7 Å². The van der Waals surface area contributed by atoms with Crippen molar-refractivity contribution in [3.05, 3.63) is 83.0 Å². The molecule has 4 atom stereocenters.